The van der Waals surface area contributed by atoms with E-state index in [9.17, 15) is 9.59 Å². The minimum absolute atomic E-state index is 0.0819. The summed E-state index contributed by atoms with van der Waals surface area (Å²) in [7, 11) is 6.52. The Morgan fingerprint density at radius 1 is 0.741 bits per heavy atom. The Kier molecular flexibility index (Phi) is 9.24. The van der Waals surface area contributed by atoms with Crippen molar-refractivity contribution in [2.75, 3.05) is 56.1 Å². The summed E-state index contributed by atoms with van der Waals surface area (Å²) in [5, 5.41) is 0. The molecule has 1 aromatic heterocycles. The Bertz CT molecular complexity index is 579. The van der Waals surface area contributed by atoms with Gasteiger partial charge in [0, 0.05) is 28.2 Å². The minimum Gasteiger partial charge on any atom is -0.449 e. The lowest BCUT2D eigenvalue weighted by Gasteiger charge is -2.21. The van der Waals surface area contributed by atoms with Gasteiger partial charge in [-0.15, -0.1) is 0 Å². The molecule has 0 N–H and O–H groups in total. The number of aromatic nitrogens is 3. The molecule has 0 aliphatic rings. The topological polar surface area (TPSA) is 101 Å². The predicted octanol–water partition coefficient (Wildman–Crippen LogP) is 2.68. The lowest BCUT2D eigenvalue weighted by atomic mass is 10.4. The average molecular weight is 382 g/mol. The summed E-state index contributed by atoms with van der Waals surface area (Å²) in [6.45, 7) is 4.66. The molecular formula is C17H30N6O4. The van der Waals surface area contributed by atoms with Crippen molar-refractivity contribution in [2.24, 2.45) is 0 Å². The fourth-order valence-corrected chi connectivity index (χ4v) is 1.81. The van der Waals surface area contributed by atoms with Crippen LogP contribution in [0, 0.1) is 0 Å². The van der Waals surface area contributed by atoms with Gasteiger partial charge in [0.2, 0.25) is 17.8 Å². The van der Waals surface area contributed by atoms with Crippen LogP contribution in [0.4, 0.5) is 27.4 Å². The molecule has 0 unspecified atom stereocenters. The molecule has 10 heteroatoms. The van der Waals surface area contributed by atoms with Crippen LogP contribution < -0.4 is 14.7 Å². The molecule has 0 saturated heterocycles. The van der Waals surface area contributed by atoms with Gasteiger partial charge in [-0.05, 0) is 12.8 Å². The van der Waals surface area contributed by atoms with Gasteiger partial charge >= 0.3 is 12.2 Å². The summed E-state index contributed by atoms with van der Waals surface area (Å²) in [6.07, 6.45) is 2.25. The molecule has 1 rings (SSSR count). The van der Waals surface area contributed by atoms with Gasteiger partial charge in [-0.3, -0.25) is 0 Å². The molecular weight excluding hydrogens is 352 g/mol. The Balaban J connectivity index is 3.02. The number of hydrogen-bond acceptors (Lipinski definition) is 8. The number of nitrogens with zero attached hydrogens (tertiary/aromatic N) is 6. The van der Waals surface area contributed by atoms with Crippen LogP contribution in [0.2, 0.25) is 0 Å². The van der Waals surface area contributed by atoms with Crippen molar-refractivity contribution in [1.29, 1.82) is 0 Å². The monoisotopic (exact) mass is 382 g/mol. The Labute approximate surface area is 160 Å². The molecule has 2 amide bonds. The second-order valence-electron chi connectivity index (χ2n) is 6.18. The number of carbonyl (C=O) groups excluding carboxylic acids is 2. The highest BCUT2D eigenvalue weighted by atomic mass is 16.6. The van der Waals surface area contributed by atoms with Crippen LogP contribution in [0.1, 0.15) is 39.5 Å². The van der Waals surface area contributed by atoms with E-state index in [1.165, 1.54) is 23.9 Å². The van der Waals surface area contributed by atoms with Gasteiger partial charge in [0.1, 0.15) is 0 Å². The summed E-state index contributed by atoms with van der Waals surface area (Å²) in [4.78, 5) is 41.1. The van der Waals surface area contributed by atoms with E-state index >= 15 is 0 Å². The van der Waals surface area contributed by atoms with Crippen molar-refractivity contribution in [1.82, 2.24) is 15.0 Å². The number of amides is 2. The molecule has 0 aliphatic carbocycles. The molecule has 27 heavy (non-hydrogen) atoms. The minimum atomic E-state index is -0.571. The molecule has 0 saturated carbocycles. The first-order valence-electron chi connectivity index (χ1n) is 9.06. The summed E-state index contributed by atoms with van der Waals surface area (Å²) >= 11 is 0. The zero-order chi connectivity index (χ0) is 20.4. The highest BCUT2D eigenvalue weighted by molar-refractivity contribution is 5.87. The van der Waals surface area contributed by atoms with Crippen molar-refractivity contribution in [3.63, 3.8) is 0 Å². The van der Waals surface area contributed by atoms with E-state index in [4.69, 9.17) is 9.47 Å². The largest absolute Gasteiger partial charge is 0.449 e. The summed E-state index contributed by atoms with van der Waals surface area (Å²) in [5.41, 5.74) is 0. The van der Waals surface area contributed by atoms with Gasteiger partial charge < -0.3 is 14.4 Å². The van der Waals surface area contributed by atoms with E-state index in [1.54, 1.807) is 19.0 Å². The van der Waals surface area contributed by atoms with Crippen LogP contribution in [-0.2, 0) is 9.47 Å². The lowest BCUT2D eigenvalue weighted by molar-refractivity contribution is 0.152. The van der Waals surface area contributed by atoms with E-state index in [1.807, 2.05) is 13.8 Å². The molecule has 1 aromatic rings. The van der Waals surface area contributed by atoms with Crippen molar-refractivity contribution in [2.45, 2.75) is 39.5 Å². The van der Waals surface area contributed by atoms with Crippen LogP contribution >= 0.6 is 0 Å². The van der Waals surface area contributed by atoms with Gasteiger partial charge in [0.05, 0.1) is 13.2 Å². The molecule has 0 aliphatic heterocycles. The third-order valence-electron chi connectivity index (χ3n) is 3.59. The SMILES string of the molecule is CCCCOC(=O)N(C)c1nc(N(C)C)nc(N(C)C(=O)OCCCC)n1. The van der Waals surface area contributed by atoms with Gasteiger partial charge in [0.15, 0.2) is 0 Å². The molecule has 0 bridgehead atoms. The maximum absolute atomic E-state index is 12.2. The number of unbranched alkanes of at least 4 members (excludes halogenated alkanes) is 2. The van der Waals surface area contributed by atoms with Crippen LogP contribution in [0.3, 0.4) is 0 Å². The standard InChI is InChI=1S/C17H30N6O4/c1-7-9-11-26-16(24)22(5)14-18-13(21(3)4)19-15(20-14)23(6)17(25)27-12-10-8-2/h7-12H2,1-6H3. The van der Waals surface area contributed by atoms with Crippen molar-refractivity contribution in [3.8, 4) is 0 Å². The Morgan fingerprint density at radius 2 is 1.11 bits per heavy atom. The van der Waals surface area contributed by atoms with Gasteiger partial charge in [0.25, 0.3) is 0 Å². The number of rotatable bonds is 9. The second kappa shape index (κ2) is 11.1. The number of carbonyl (C=O) groups is 2. The van der Waals surface area contributed by atoms with E-state index in [0.717, 1.165) is 25.7 Å². The normalized spacial score (nSPS) is 10.3. The maximum Gasteiger partial charge on any atom is 0.416 e. The quantitative estimate of drug-likeness (QED) is 0.601. The smallest absolute Gasteiger partial charge is 0.416 e. The highest BCUT2D eigenvalue weighted by Crippen LogP contribution is 2.18. The molecule has 0 radical (unpaired) electrons. The third-order valence-corrected chi connectivity index (χ3v) is 3.59. The zero-order valence-corrected chi connectivity index (χ0v) is 17.1. The van der Waals surface area contributed by atoms with E-state index in [2.05, 4.69) is 15.0 Å². The zero-order valence-electron chi connectivity index (χ0n) is 17.1. The molecule has 0 fully saturated rings. The van der Waals surface area contributed by atoms with Crippen LogP contribution in [0.5, 0.6) is 0 Å². The van der Waals surface area contributed by atoms with Crippen molar-refractivity contribution < 1.29 is 19.1 Å². The molecule has 10 nitrogen and oxygen atoms in total. The van der Waals surface area contributed by atoms with Crippen LogP contribution in [0.15, 0.2) is 0 Å². The van der Waals surface area contributed by atoms with Crippen molar-refractivity contribution in [3.05, 3.63) is 0 Å². The van der Waals surface area contributed by atoms with Crippen molar-refractivity contribution >= 4 is 30.0 Å². The number of hydrogen-bond donors (Lipinski definition) is 0. The third kappa shape index (κ3) is 6.87. The van der Waals surface area contributed by atoms with E-state index in [0.29, 0.717) is 19.2 Å². The molecule has 152 valence electrons. The number of anilines is 3. The Morgan fingerprint density at radius 3 is 1.44 bits per heavy atom. The number of ether oxygens (including phenoxy) is 2. The summed E-state index contributed by atoms with van der Waals surface area (Å²) < 4.78 is 10.4. The summed E-state index contributed by atoms with van der Waals surface area (Å²) in [5.74, 6) is 0.466. The Hall–Kier alpha value is -2.65. The van der Waals surface area contributed by atoms with Crippen LogP contribution in [0.25, 0.3) is 0 Å². The first-order valence-corrected chi connectivity index (χ1v) is 9.06. The predicted molar refractivity (Wildman–Crippen MR) is 103 cm³/mol. The highest BCUT2D eigenvalue weighted by Gasteiger charge is 2.22. The average Bonchev–Trinajstić information content (AvgIpc) is 2.66. The lowest BCUT2D eigenvalue weighted by Crippen LogP contribution is -2.33. The van der Waals surface area contributed by atoms with E-state index < -0.39 is 12.2 Å². The van der Waals surface area contributed by atoms with Gasteiger partial charge in [-0.25, -0.2) is 19.4 Å². The molecule has 0 spiro atoms. The van der Waals surface area contributed by atoms with Crippen LogP contribution in [-0.4, -0.2) is 68.5 Å². The molecule has 0 aromatic carbocycles. The molecule has 1 heterocycles. The fraction of sp³-hybridized carbons (Fsp3) is 0.706. The first kappa shape index (κ1) is 22.4. The van der Waals surface area contributed by atoms with Gasteiger partial charge in [-0.2, -0.15) is 15.0 Å². The second-order valence-corrected chi connectivity index (χ2v) is 6.18. The van der Waals surface area contributed by atoms with E-state index in [-0.39, 0.29) is 11.9 Å². The molecule has 0 atom stereocenters. The maximum atomic E-state index is 12.2. The first-order chi connectivity index (χ1) is 12.8. The summed E-state index contributed by atoms with van der Waals surface area (Å²) in [6, 6.07) is 0. The fourth-order valence-electron chi connectivity index (χ4n) is 1.81. The van der Waals surface area contributed by atoms with Gasteiger partial charge in [-0.1, -0.05) is 26.7 Å².